The first-order valence-electron chi connectivity index (χ1n) is 9.68. The van der Waals surface area contributed by atoms with Gasteiger partial charge in [-0.25, -0.2) is 4.79 Å². The second-order valence-electron chi connectivity index (χ2n) is 7.13. The Morgan fingerprint density at radius 2 is 2.00 bits per heavy atom. The Morgan fingerprint density at radius 1 is 1.21 bits per heavy atom. The highest BCUT2D eigenvalue weighted by Crippen LogP contribution is 2.39. The van der Waals surface area contributed by atoms with Gasteiger partial charge < -0.3 is 19.8 Å². The Hall–Kier alpha value is -3.19. The molecule has 2 aliphatic rings. The molecule has 0 bridgehead atoms. The summed E-state index contributed by atoms with van der Waals surface area (Å²) >= 11 is 0. The van der Waals surface area contributed by atoms with Gasteiger partial charge in [0, 0.05) is 18.7 Å². The molecule has 4 rings (SSSR count). The van der Waals surface area contributed by atoms with Crippen molar-refractivity contribution in [2.75, 3.05) is 32.1 Å². The van der Waals surface area contributed by atoms with Gasteiger partial charge in [0.15, 0.2) is 5.71 Å². The highest BCUT2D eigenvalue weighted by Gasteiger charge is 2.33. The number of amides is 1. The molecule has 1 N–H and O–H groups in total. The van der Waals surface area contributed by atoms with E-state index in [4.69, 9.17) is 9.57 Å². The van der Waals surface area contributed by atoms with Crippen molar-refractivity contribution in [2.24, 2.45) is 5.16 Å². The minimum Gasteiger partial charge on any atom is -0.463 e. The molecule has 7 heteroatoms. The van der Waals surface area contributed by atoms with E-state index in [0.29, 0.717) is 5.56 Å². The zero-order valence-corrected chi connectivity index (χ0v) is 16.5. The molecule has 0 unspecified atom stereocenters. The van der Waals surface area contributed by atoms with Gasteiger partial charge >= 0.3 is 5.97 Å². The van der Waals surface area contributed by atoms with Crippen molar-refractivity contribution in [1.82, 2.24) is 4.90 Å². The number of likely N-dealkylation sites (N-methyl/N-ethyl adjacent to an activating group) is 1. The molecule has 7 nitrogen and oxygen atoms in total. The Morgan fingerprint density at radius 3 is 2.76 bits per heavy atom. The van der Waals surface area contributed by atoms with E-state index in [0.717, 1.165) is 41.9 Å². The van der Waals surface area contributed by atoms with Crippen LogP contribution in [0.1, 0.15) is 23.6 Å². The highest BCUT2D eigenvalue weighted by atomic mass is 16.7. The number of esters is 1. The van der Waals surface area contributed by atoms with Crippen molar-refractivity contribution < 1.29 is 19.2 Å². The van der Waals surface area contributed by atoms with Crippen LogP contribution < -0.4 is 5.32 Å². The molecule has 0 radical (unpaired) electrons. The third kappa shape index (κ3) is 3.73. The van der Waals surface area contributed by atoms with Crippen LogP contribution in [0.25, 0.3) is 11.1 Å². The molecular formula is C22H23N3O4. The lowest BCUT2D eigenvalue weighted by Crippen LogP contribution is -2.27. The lowest BCUT2D eigenvalue weighted by atomic mass is 9.87. The summed E-state index contributed by atoms with van der Waals surface area (Å²) < 4.78 is 4.83. The maximum absolute atomic E-state index is 12.6. The number of carbonyl (C=O) groups excluding carboxylic acids is 2. The second kappa shape index (κ2) is 8.05. The van der Waals surface area contributed by atoms with Gasteiger partial charge in [-0.3, -0.25) is 4.79 Å². The fourth-order valence-electron chi connectivity index (χ4n) is 3.83. The van der Waals surface area contributed by atoms with Gasteiger partial charge in [0.1, 0.15) is 0 Å². The summed E-state index contributed by atoms with van der Waals surface area (Å²) in [5.74, 6) is -0.850. The van der Waals surface area contributed by atoms with E-state index >= 15 is 0 Å². The quantitative estimate of drug-likeness (QED) is 0.624. The summed E-state index contributed by atoms with van der Waals surface area (Å²) in [5.41, 5.74) is 6.23. The molecule has 0 saturated carbocycles. The number of fused-ring (bicyclic) bond motifs is 3. The fraction of sp³-hybridized carbons (Fsp3) is 0.318. The van der Waals surface area contributed by atoms with E-state index in [9.17, 15) is 9.59 Å². The van der Waals surface area contributed by atoms with Crippen LogP contribution in [0.3, 0.4) is 0 Å². The number of benzene rings is 2. The minimum absolute atomic E-state index is 0.178. The fourth-order valence-corrected chi connectivity index (χ4v) is 3.83. The smallest absolute Gasteiger partial charge is 0.347 e. The molecule has 2 aliphatic heterocycles. The van der Waals surface area contributed by atoms with Crippen molar-refractivity contribution in [2.45, 2.75) is 19.9 Å². The highest BCUT2D eigenvalue weighted by molar-refractivity contribution is 6.54. The maximum atomic E-state index is 12.6. The van der Waals surface area contributed by atoms with Crippen molar-refractivity contribution >= 4 is 23.3 Å². The monoisotopic (exact) mass is 393 g/mol. The lowest BCUT2D eigenvalue weighted by Gasteiger charge is -2.29. The van der Waals surface area contributed by atoms with E-state index in [1.165, 1.54) is 5.56 Å². The van der Waals surface area contributed by atoms with Gasteiger partial charge in [-0.2, -0.15) is 0 Å². The van der Waals surface area contributed by atoms with E-state index in [-0.39, 0.29) is 24.8 Å². The predicted molar refractivity (Wildman–Crippen MR) is 110 cm³/mol. The summed E-state index contributed by atoms with van der Waals surface area (Å²) in [6.07, 6.45) is 0.908. The zero-order valence-electron chi connectivity index (χ0n) is 16.5. The molecule has 1 amide bonds. The largest absolute Gasteiger partial charge is 0.463 e. The third-order valence-corrected chi connectivity index (χ3v) is 5.16. The Bertz CT molecular complexity index is 985. The minimum atomic E-state index is -0.521. The summed E-state index contributed by atoms with van der Waals surface area (Å²) in [7, 11) is 2.07. The van der Waals surface area contributed by atoms with Crippen molar-refractivity contribution in [1.29, 1.82) is 0 Å². The predicted octanol–water partition coefficient (Wildman–Crippen LogP) is 2.58. The van der Waals surface area contributed by atoms with Crippen LogP contribution >= 0.6 is 0 Å². The van der Waals surface area contributed by atoms with Gasteiger partial charge in [0.25, 0.3) is 5.91 Å². The average molecular weight is 393 g/mol. The van der Waals surface area contributed by atoms with Crippen LogP contribution in [0.15, 0.2) is 41.6 Å². The summed E-state index contributed by atoms with van der Waals surface area (Å²) in [6.45, 7) is 3.36. The van der Waals surface area contributed by atoms with E-state index in [1.807, 2.05) is 24.3 Å². The molecule has 0 fully saturated rings. The molecule has 2 aromatic carbocycles. The Labute approximate surface area is 169 Å². The van der Waals surface area contributed by atoms with Crippen LogP contribution in [0.2, 0.25) is 0 Å². The first-order valence-corrected chi connectivity index (χ1v) is 9.68. The van der Waals surface area contributed by atoms with Crippen molar-refractivity contribution in [3.8, 4) is 11.1 Å². The normalized spacial score (nSPS) is 16.9. The van der Waals surface area contributed by atoms with Gasteiger partial charge in [0.2, 0.25) is 6.61 Å². The number of nitrogens with zero attached hydrogens (tertiary/aromatic N) is 2. The number of hydrogen-bond acceptors (Lipinski definition) is 6. The number of carbonyl (C=O) groups is 2. The van der Waals surface area contributed by atoms with Crippen LogP contribution in [-0.4, -0.2) is 49.3 Å². The number of hydrogen-bond donors (Lipinski definition) is 1. The van der Waals surface area contributed by atoms with Crippen molar-refractivity contribution in [3.63, 3.8) is 0 Å². The SMILES string of the molecule is CCOC(=O)CON=C1C(=O)Nc2c1cc(-c1ccccc1)c1c2CN(C)CC1. The van der Waals surface area contributed by atoms with Gasteiger partial charge in [-0.15, -0.1) is 0 Å². The van der Waals surface area contributed by atoms with E-state index in [2.05, 4.69) is 34.6 Å². The number of oxime groups is 1. The van der Waals surface area contributed by atoms with Gasteiger partial charge in [-0.05, 0) is 48.7 Å². The molecule has 29 heavy (non-hydrogen) atoms. The average Bonchev–Trinajstić information content (AvgIpc) is 3.04. The maximum Gasteiger partial charge on any atom is 0.347 e. The van der Waals surface area contributed by atoms with Crippen LogP contribution in [0.5, 0.6) is 0 Å². The third-order valence-electron chi connectivity index (χ3n) is 5.16. The van der Waals surface area contributed by atoms with Crippen molar-refractivity contribution in [3.05, 3.63) is 53.1 Å². The first kappa shape index (κ1) is 19.1. The molecule has 0 aliphatic carbocycles. The van der Waals surface area contributed by atoms with Crippen LogP contribution in [-0.2, 0) is 32.1 Å². The number of nitrogens with one attached hydrogen (secondary N) is 1. The molecule has 0 saturated heterocycles. The van der Waals surface area contributed by atoms with E-state index < -0.39 is 5.97 Å². The standard InChI is InChI=1S/C22H23N3O4/c1-3-28-19(26)13-29-24-21-17-11-16(14-7-5-4-6-8-14)15-9-10-25(2)12-18(15)20(17)23-22(21)27/h4-8,11H,3,9-10,12-13H2,1-2H3,(H,23,24,27). The number of ether oxygens (including phenoxy) is 1. The molecule has 2 heterocycles. The summed E-state index contributed by atoms with van der Waals surface area (Å²) in [6, 6.07) is 12.1. The lowest BCUT2D eigenvalue weighted by molar-refractivity contribution is -0.148. The number of rotatable bonds is 5. The first-order chi connectivity index (χ1) is 14.1. The van der Waals surface area contributed by atoms with Gasteiger partial charge in [0.05, 0.1) is 12.3 Å². The molecule has 2 aromatic rings. The molecule has 0 atom stereocenters. The molecular weight excluding hydrogens is 370 g/mol. The summed E-state index contributed by atoms with van der Waals surface area (Å²) in [5, 5.41) is 6.91. The molecule has 0 aromatic heterocycles. The van der Waals surface area contributed by atoms with Crippen LogP contribution in [0, 0.1) is 0 Å². The number of anilines is 1. The Kier molecular flexibility index (Phi) is 5.31. The Balaban J connectivity index is 1.76. The topological polar surface area (TPSA) is 80.2 Å². The van der Waals surface area contributed by atoms with Crippen LogP contribution in [0.4, 0.5) is 5.69 Å². The summed E-state index contributed by atoms with van der Waals surface area (Å²) in [4.78, 5) is 31.4. The van der Waals surface area contributed by atoms with Gasteiger partial charge in [-0.1, -0.05) is 35.5 Å². The molecule has 150 valence electrons. The zero-order chi connectivity index (χ0) is 20.4. The van der Waals surface area contributed by atoms with E-state index in [1.54, 1.807) is 6.92 Å². The second-order valence-corrected chi connectivity index (χ2v) is 7.13. The molecule has 0 spiro atoms.